The largest absolute Gasteiger partial charge is 0.340 e. The first-order valence-corrected chi connectivity index (χ1v) is 6.71. The van der Waals surface area contributed by atoms with Crippen molar-refractivity contribution in [2.45, 2.75) is 51.1 Å². The van der Waals surface area contributed by atoms with E-state index >= 15 is 0 Å². The Morgan fingerprint density at radius 2 is 2.00 bits per heavy atom. The van der Waals surface area contributed by atoms with Gasteiger partial charge in [-0.25, -0.2) is 4.39 Å². The van der Waals surface area contributed by atoms with Crippen LogP contribution in [0.25, 0.3) is 0 Å². The second-order valence-electron chi connectivity index (χ2n) is 5.65. The zero-order chi connectivity index (χ0) is 13.3. The molecule has 0 aromatic carbocycles. The molecule has 102 valence electrons. The molecule has 2 aliphatic rings. The predicted octanol–water partition coefficient (Wildman–Crippen LogP) is 1.25. The quantitative estimate of drug-likeness (QED) is 0.826. The third-order valence-corrected chi connectivity index (χ3v) is 4.05. The van der Waals surface area contributed by atoms with Crippen LogP contribution in [-0.2, 0) is 9.59 Å². The molecule has 1 saturated heterocycles. The van der Waals surface area contributed by atoms with Crippen LogP contribution < -0.4 is 5.32 Å². The number of carbonyl (C=O) groups excluding carboxylic acids is 2. The van der Waals surface area contributed by atoms with Gasteiger partial charge in [0.2, 0.25) is 11.8 Å². The molecule has 0 aromatic rings. The van der Waals surface area contributed by atoms with Crippen LogP contribution in [0.5, 0.6) is 0 Å². The first-order valence-electron chi connectivity index (χ1n) is 6.71. The van der Waals surface area contributed by atoms with Crippen molar-refractivity contribution in [3.05, 3.63) is 0 Å². The first kappa shape index (κ1) is 13.3. The van der Waals surface area contributed by atoms with Gasteiger partial charge in [-0.2, -0.15) is 0 Å². The van der Waals surface area contributed by atoms with E-state index in [-0.39, 0.29) is 24.3 Å². The summed E-state index contributed by atoms with van der Waals surface area (Å²) in [5.74, 6) is -0.213. The molecule has 18 heavy (non-hydrogen) atoms. The number of alkyl halides is 1. The molecule has 1 saturated carbocycles. The number of nitrogens with zero attached hydrogens (tertiary/aromatic N) is 1. The summed E-state index contributed by atoms with van der Waals surface area (Å²) in [6.07, 6.45) is 3.26. The van der Waals surface area contributed by atoms with Gasteiger partial charge in [-0.1, -0.05) is 26.7 Å². The summed E-state index contributed by atoms with van der Waals surface area (Å²) in [5.41, 5.74) is -0.738. The summed E-state index contributed by atoms with van der Waals surface area (Å²) in [6, 6.07) is -0.528. The van der Waals surface area contributed by atoms with Crippen LogP contribution in [0.1, 0.15) is 39.5 Å². The number of halogens is 1. The smallest absolute Gasteiger partial charge is 0.249 e. The van der Waals surface area contributed by atoms with Crippen molar-refractivity contribution in [1.29, 1.82) is 0 Å². The average Bonchev–Trinajstić information content (AvgIpc) is 2.75. The molecule has 2 rings (SSSR count). The van der Waals surface area contributed by atoms with Crippen molar-refractivity contribution < 1.29 is 14.0 Å². The third-order valence-electron chi connectivity index (χ3n) is 4.05. The number of hydrogen-bond donors (Lipinski definition) is 1. The van der Waals surface area contributed by atoms with Gasteiger partial charge in [-0.3, -0.25) is 9.59 Å². The van der Waals surface area contributed by atoms with E-state index in [4.69, 9.17) is 0 Å². The Hall–Kier alpha value is -1.13. The molecule has 0 bridgehead atoms. The van der Waals surface area contributed by atoms with Gasteiger partial charge in [0.1, 0.15) is 18.3 Å². The lowest BCUT2D eigenvalue weighted by molar-refractivity contribution is -0.156. The highest BCUT2D eigenvalue weighted by Gasteiger charge is 2.52. The maximum absolute atomic E-state index is 12.7. The SMILES string of the molecule is CC(C)C1C(=O)NC2(CCCC2)C(=O)N1CCF. The molecule has 5 heteroatoms. The van der Waals surface area contributed by atoms with Crippen molar-refractivity contribution in [3.63, 3.8) is 0 Å². The molecular weight excluding hydrogens is 235 g/mol. The zero-order valence-electron chi connectivity index (χ0n) is 11.0. The molecule has 1 heterocycles. The number of carbonyl (C=O) groups is 2. The van der Waals surface area contributed by atoms with Gasteiger partial charge in [0.15, 0.2) is 0 Å². The molecule has 1 N–H and O–H groups in total. The van der Waals surface area contributed by atoms with E-state index in [0.717, 1.165) is 12.8 Å². The lowest BCUT2D eigenvalue weighted by Gasteiger charge is -2.45. The molecule has 1 unspecified atom stereocenters. The summed E-state index contributed by atoms with van der Waals surface area (Å²) in [7, 11) is 0. The van der Waals surface area contributed by atoms with Crippen LogP contribution in [0.2, 0.25) is 0 Å². The summed E-state index contributed by atoms with van der Waals surface area (Å²) in [6.45, 7) is 3.19. The number of nitrogens with one attached hydrogen (secondary N) is 1. The summed E-state index contributed by atoms with van der Waals surface area (Å²) in [5, 5.41) is 2.91. The highest BCUT2D eigenvalue weighted by molar-refractivity contribution is 6.00. The fourth-order valence-corrected chi connectivity index (χ4v) is 3.22. The first-order chi connectivity index (χ1) is 8.52. The van der Waals surface area contributed by atoms with Crippen molar-refractivity contribution in [2.24, 2.45) is 5.92 Å². The van der Waals surface area contributed by atoms with E-state index in [2.05, 4.69) is 5.32 Å². The monoisotopic (exact) mass is 256 g/mol. The van der Waals surface area contributed by atoms with E-state index in [9.17, 15) is 14.0 Å². The van der Waals surface area contributed by atoms with Crippen molar-refractivity contribution in [1.82, 2.24) is 10.2 Å². The second kappa shape index (κ2) is 4.86. The van der Waals surface area contributed by atoms with Crippen LogP contribution in [0.4, 0.5) is 4.39 Å². The van der Waals surface area contributed by atoms with E-state index < -0.39 is 18.3 Å². The Morgan fingerprint density at radius 3 is 2.50 bits per heavy atom. The molecule has 1 atom stereocenters. The Bertz CT molecular complexity index is 351. The average molecular weight is 256 g/mol. The Morgan fingerprint density at radius 1 is 1.39 bits per heavy atom. The van der Waals surface area contributed by atoms with Crippen molar-refractivity contribution >= 4 is 11.8 Å². The maximum atomic E-state index is 12.7. The minimum Gasteiger partial charge on any atom is -0.340 e. The zero-order valence-corrected chi connectivity index (χ0v) is 11.0. The molecular formula is C13H21FN2O2. The van der Waals surface area contributed by atoms with Gasteiger partial charge in [0.25, 0.3) is 0 Å². The van der Waals surface area contributed by atoms with Crippen LogP contribution >= 0.6 is 0 Å². The minimum absolute atomic E-state index is 0.000692. The molecule has 4 nitrogen and oxygen atoms in total. The summed E-state index contributed by atoms with van der Waals surface area (Å²) in [4.78, 5) is 26.2. The van der Waals surface area contributed by atoms with E-state index in [1.807, 2.05) is 13.8 Å². The molecule has 1 spiro atoms. The highest BCUT2D eigenvalue weighted by Crippen LogP contribution is 2.35. The van der Waals surface area contributed by atoms with Gasteiger partial charge < -0.3 is 10.2 Å². The van der Waals surface area contributed by atoms with E-state index in [1.165, 1.54) is 4.90 Å². The topological polar surface area (TPSA) is 49.4 Å². The number of piperazine rings is 1. The second-order valence-corrected chi connectivity index (χ2v) is 5.65. The van der Waals surface area contributed by atoms with Crippen molar-refractivity contribution in [3.8, 4) is 0 Å². The van der Waals surface area contributed by atoms with Gasteiger partial charge in [0.05, 0.1) is 0 Å². The van der Waals surface area contributed by atoms with Gasteiger partial charge >= 0.3 is 0 Å². The Labute approximate surface area is 107 Å². The highest BCUT2D eigenvalue weighted by atomic mass is 19.1. The summed E-state index contributed by atoms with van der Waals surface area (Å²) < 4.78 is 12.7. The Kier molecular flexibility index (Phi) is 3.59. The van der Waals surface area contributed by atoms with Gasteiger partial charge in [-0.15, -0.1) is 0 Å². The minimum atomic E-state index is -0.738. The fraction of sp³-hybridized carbons (Fsp3) is 0.846. The number of rotatable bonds is 3. The van der Waals surface area contributed by atoms with E-state index in [1.54, 1.807) is 0 Å². The predicted molar refractivity (Wildman–Crippen MR) is 65.7 cm³/mol. The summed E-state index contributed by atoms with van der Waals surface area (Å²) >= 11 is 0. The molecule has 1 aliphatic heterocycles. The van der Waals surface area contributed by atoms with Crippen LogP contribution in [-0.4, -0.2) is 41.5 Å². The molecule has 1 aliphatic carbocycles. The van der Waals surface area contributed by atoms with Crippen LogP contribution in [0.3, 0.4) is 0 Å². The van der Waals surface area contributed by atoms with Gasteiger partial charge in [0, 0.05) is 6.54 Å². The van der Waals surface area contributed by atoms with Crippen LogP contribution in [0.15, 0.2) is 0 Å². The standard InChI is InChI=1S/C13H21FN2O2/c1-9(2)10-11(17)15-13(5-3-4-6-13)12(18)16(10)8-7-14/h9-10H,3-8H2,1-2H3,(H,15,17). The molecule has 0 aromatic heterocycles. The normalized spacial score (nSPS) is 27.1. The molecule has 2 fully saturated rings. The lowest BCUT2D eigenvalue weighted by atomic mass is 9.87. The van der Waals surface area contributed by atoms with Gasteiger partial charge in [-0.05, 0) is 18.8 Å². The van der Waals surface area contributed by atoms with E-state index in [0.29, 0.717) is 12.8 Å². The lowest BCUT2D eigenvalue weighted by Crippen LogP contribution is -2.70. The van der Waals surface area contributed by atoms with Crippen molar-refractivity contribution in [2.75, 3.05) is 13.2 Å². The molecule has 0 radical (unpaired) electrons. The fourth-order valence-electron chi connectivity index (χ4n) is 3.22. The number of amides is 2. The number of hydrogen-bond acceptors (Lipinski definition) is 2. The third kappa shape index (κ3) is 1.99. The maximum Gasteiger partial charge on any atom is 0.249 e. The van der Waals surface area contributed by atoms with Crippen LogP contribution in [0, 0.1) is 5.92 Å². The Balaban J connectivity index is 2.29. The molecule has 2 amide bonds.